The number of aromatic carboxylic acids is 1. The zero-order valence-electron chi connectivity index (χ0n) is 10.6. The van der Waals surface area contributed by atoms with Crippen molar-refractivity contribution in [1.82, 2.24) is 0 Å². The summed E-state index contributed by atoms with van der Waals surface area (Å²) in [7, 11) is -3.63. The Morgan fingerprint density at radius 1 is 1.33 bits per heavy atom. The number of nitrogens with two attached hydrogens (primary N) is 1. The van der Waals surface area contributed by atoms with Crippen molar-refractivity contribution >= 4 is 21.7 Å². The normalized spacial score (nSPS) is 12.2. The largest absolute Gasteiger partial charge is 0.478 e. The fourth-order valence-corrected chi connectivity index (χ4v) is 2.13. The summed E-state index contributed by atoms with van der Waals surface area (Å²) in [6, 6.07) is 2.68. The third kappa shape index (κ3) is 5.60. The average Bonchev–Trinajstić information content (AvgIpc) is 2.32. The van der Waals surface area contributed by atoms with Crippen LogP contribution in [-0.4, -0.2) is 31.8 Å². The van der Waals surface area contributed by atoms with Gasteiger partial charge in [0.15, 0.2) is 0 Å². The number of carboxylic acid groups (broad SMARTS) is 1. The molecule has 1 rings (SSSR count). The van der Waals surface area contributed by atoms with Gasteiger partial charge in [0.25, 0.3) is 0 Å². The Labute approximate surface area is 118 Å². The minimum atomic E-state index is -4.80. The number of hydrogen-bond acceptors (Lipinski definition) is 4. The summed E-state index contributed by atoms with van der Waals surface area (Å²) < 4.78 is 59.6. The number of halogens is 3. The van der Waals surface area contributed by atoms with Crippen LogP contribution in [0.15, 0.2) is 18.2 Å². The maximum atomic E-state index is 12.7. The number of hydrogen-bond donors (Lipinski definition) is 3. The van der Waals surface area contributed by atoms with Crippen LogP contribution < -0.4 is 10.5 Å². The number of alkyl halides is 3. The SMILES string of the molecule is NS(=O)(=O)CCCNc1ccc(C(=O)O)c(C(F)(F)F)c1. The topological polar surface area (TPSA) is 109 Å². The number of primary sulfonamides is 1. The van der Waals surface area contributed by atoms with Gasteiger partial charge in [-0.05, 0) is 24.6 Å². The van der Waals surface area contributed by atoms with E-state index in [1.807, 2.05) is 0 Å². The maximum Gasteiger partial charge on any atom is 0.417 e. The molecule has 0 unspecified atom stereocenters. The fourth-order valence-electron chi connectivity index (χ4n) is 1.58. The van der Waals surface area contributed by atoms with Gasteiger partial charge in [-0.1, -0.05) is 0 Å². The zero-order valence-corrected chi connectivity index (χ0v) is 11.5. The van der Waals surface area contributed by atoms with E-state index in [4.69, 9.17) is 10.2 Å². The highest BCUT2D eigenvalue weighted by Crippen LogP contribution is 2.33. The Morgan fingerprint density at radius 3 is 2.43 bits per heavy atom. The Hall–Kier alpha value is -1.81. The third-order valence-corrected chi connectivity index (χ3v) is 3.35. The first-order valence-electron chi connectivity index (χ1n) is 5.69. The van der Waals surface area contributed by atoms with Crippen molar-refractivity contribution < 1.29 is 31.5 Å². The lowest BCUT2D eigenvalue weighted by molar-refractivity contribution is -0.138. The van der Waals surface area contributed by atoms with Crippen LogP contribution in [0.3, 0.4) is 0 Å². The van der Waals surface area contributed by atoms with Crippen molar-refractivity contribution in [3.05, 3.63) is 29.3 Å². The van der Waals surface area contributed by atoms with E-state index in [0.29, 0.717) is 6.07 Å². The molecule has 4 N–H and O–H groups in total. The quantitative estimate of drug-likeness (QED) is 0.686. The van der Waals surface area contributed by atoms with Gasteiger partial charge >= 0.3 is 12.1 Å². The molecule has 0 saturated carbocycles. The second-order valence-corrected chi connectivity index (χ2v) is 5.94. The van der Waals surface area contributed by atoms with Gasteiger partial charge in [0.05, 0.1) is 16.9 Å². The molecule has 0 aromatic heterocycles. The molecule has 0 radical (unpaired) electrons. The van der Waals surface area contributed by atoms with Crippen molar-refractivity contribution in [2.45, 2.75) is 12.6 Å². The molecule has 0 aliphatic carbocycles. The van der Waals surface area contributed by atoms with Crippen LogP contribution in [0.2, 0.25) is 0 Å². The van der Waals surface area contributed by atoms with E-state index >= 15 is 0 Å². The number of anilines is 1. The molecule has 0 fully saturated rings. The summed E-state index contributed by atoms with van der Waals surface area (Å²) in [5.41, 5.74) is -2.08. The minimum absolute atomic E-state index is 0.0433. The van der Waals surface area contributed by atoms with E-state index in [0.717, 1.165) is 6.07 Å². The van der Waals surface area contributed by atoms with Gasteiger partial charge in [-0.15, -0.1) is 0 Å². The van der Waals surface area contributed by atoms with Crippen LogP contribution >= 0.6 is 0 Å². The Morgan fingerprint density at radius 2 is 1.95 bits per heavy atom. The van der Waals surface area contributed by atoms with Gasteiger partial charge in [-0.2, -0.15) is 13.2 Å². The van der Waals surface area contributed by atoms with Crippen LogP contribution in [0, 0.1) is 0 Å². The van der Waals surface area contributed by atoms with Crippen molar-refractivity contribution in [3.63, 3.8) is 0 Å². The van der Waals surface area contributed by atoms with Crippen LogP contribution in [0.5, 0.6) is 0 Å². The first kappa shape index (κ1) is 17.2. The van der Waals surface area contributed by atoms with Crippen molar-refractivity contribution in [1.29, 1.82) is 0 Å². The number of sulfonamides is 1. The van der Waals surface area contributed by atoms with Crippen LogP contribution in [0.25, 0.3) is 0 Å². The van der Waals surface area contributed by atoms with E-state index in [1.54, 1.807) is 0 Å². The first-order valence-corrected chi connectivity index (χ1v) is 7.41. The Bertz CT molecular complexity index is 629. The lowest BCUT2D eigenvalue weighted by Crippen LogP contribution is -2.19. The van der Waals surface area contributed by atoms with E-state index in [1.165, 1.54) is 6.07 Å². The number of benzene rings is 1. The summed E-state index contributed by atoms with van der Waals surface area (Å²) in [5, 5.41) is 16.1. The molecular weight excluding hydrogens is 313 g/mol. The summed E-state index contributed by atoms with van der Waals surface area (Å²) in [6.07, 6.45) is -4.69. The minimum Gasteiger partial charge on any atom is -0.478 e. The third-order valence-electron chi connectivity index (χ3n) is 2.49. The van der Waals surface area contributed by atoms with Gasteiger partial charge in [-0.3, -0.25) is 0 Å². The lowest BCUT2D eigenvalue weighted by Gasteiger charge is -2.13. The number of carboxylic acids is 1. The summed E-state index contributed by atoms with van der Waals surface area (Å²) in [6.45, 7) is 0.0835. The predicted molar refractivity (Wildman–Crippen MR) is 69.5 cm³/mol. The van der Waals surface area contributed by atoms with Crippen molar-refractivity contribution in [2.24, 2.45) is 5.14 Å². The highest BCUT2D eigenvalue weighted by molar-refractivity contribution is 7.89. The van der Waals surface area contributed by atoms with E-state index in [2.05, 4.69) is 5.32 Å². The fraction of sp³-hybridized carbons (Fsp3) is 0.364. The molecule has 0 atom stereocenters. The molecule has 21 heavy (non-hydrogen) atoms. The predicted octanol–water partition coefficient (Wildman–Crippen LogP) is 1.49. The van der Waals surface area contributed by atoms with Crippen LogP contribution in [0.4, 0.5) is 18.9 Å². The number of nitrogens with one attached hydrogen (secondary N) is 1. The molecule has 1 aromatic carbocycles. The lowest BCUT2D eigenvalue weighted by atomic mass is 10.1. The molecule has 0 bridgehead atoms. The molecule has 0 aliphatic rings. The van der Waals surface area contributed by atoms with Gasteiger partial charge < -0.3 is 10.4 Å². The molecule has 0 saturated heterocycles. The van der Waals surface area contributed by atoms with Crippen molar-refractivity contribution in [3.8, 4) is 0 Å². The summed E-state index contributed by atoms with van der Waals surface area (Å²) >= 11 is 0. The molecule has 0 heterocycles. The van der Waals surface area contributed by atoms with Crippen molar-refractivity contribution in [2.75, 3.05) is 17.6 Å². The highest BCUT2D eigenvalue weighted by atomic mass is 32.2. The average molecular weight is 326 g/mol. The molecular formula is C11H13F3N2O4S. The standard InChI is InChI=1S/C11H13F3N2O4S/c12-11(13,14)9-6-7(2-3-8(9)10(17)18)16-4-1-5-21(15,19)20/h2-3,6,16H,1,4-5H2,(H,17,18)(H2,15,19,20). The Balaban J connectivity index is 2.84. The van der Waals surface area contributed by atoms with Crippen LogP contribution in [-0.2, 0) is 16.2 Å². The Kier molecular flexibility index (Phi) is 5.18. The number of carbonyl (C=O) groups is 1. The second-order valence-electron chi connectivity index (χ2n) is 4.21. The van der Waals surface area contributed by atoms with Crippen LogP contribution in [0.1, 0.15) is 22.3 Å². The zero-order chi connectivity index (χ0) is 16.3. The second kappa shape index (κ2) is 6.31. The number of rotatable bonds is 6. The molecule has 118 valence electrons. The van der Waals surface area contributed by atoms with E-state index in [9.17, 15) is 26.4 Å². The maximum absolute atomic E-state index is 12.7. The summed E-state index contributed by atoms with van der Waals surface area (Å²) in [4.78, 5) is 10.7. The van der Waals surface area contributed by atoms with Gasteiger partial charge in [0.1, 0.15) is 0 Å². The molecule has 0 spiro atoms. The van der Waals surface area contributed by atoms with Gasteiger partial charge in [0, 0.05) is 12.2 Å². The molecule has 6 nitrogen and oxygen atoms in total. The molecule has 0 amide bonds. The molecule has 1 aromatic rings. The van der Waals surface area contributed by atoms with E-state index in [-0.39, 0.29) is 24.4 Å². The molecule has 0 aliphatic heterocycles. The van der Waals surface area contributed by atoms with E-state index < -0.39 is 33.3 Å². The van der Waals surface area contributed by atoms with Gasteiger partial charge in [-0.25, -0.2) is 18.4 Å². The molecule has 10 heteroatoms. The van der Waals surface area contributed by atoms with Gasteiger partial charge in [0.2, 0.25) is 10.0 Å². The summed E-state index contributed by atoms with van der Waals surface area (Å²) in [5.74, 6) is -1.98. The monoisotopic (exact) mass is 326 g/mol. The highest BCUT2D eigenvalue weighted by Gasteiger charge is 2.35. The smallest absolute Gasteiger partial charge is 0.417 e. The first-order chi connectivity index (χ1) is 9.50.